The van der Waals surface area contributed by atoms with Gasteiger partial charge in [0.05, 0.1) is 0 Å². The Morgan fingerprint density at radius 3 is 2.20 bits per heavy atom. The number of thiocarbonyl (C=S) groups is 1. The summed E-state index contributed by atoms with van der Waals surface area (Å²) in [7, 11) is 0. The van der Waals surface area contributed by atoms with E-state index in [1.807, 2.05) is 0 Å². The van der Waals surface area contributed by atoms with Gasteiger partial charge in [0, 0.05) is 6.42 Å². The summed E-state index contributed by atoms with van der Waals surface area (Å²) in [6.45, 7) is 2.21. The largest absolute Gasteiger partial charge is 0.376 e. The van der Waals surface area contributed by atoms with Gasteiger partial charge in [-0.3, -0.25) is 4.79 Å². The molecule has 1 amide bonds. The summed E-state index contributed by atoms with van der Waals surface area (Å²) in [6.07, 6.45) is 9.00. The summed E-state index contributed by atoms with van der Waals surface area (Å²) >= 11 is 4.57. The number of hydrogen-bond acceptors (Lipinski definition) is 2. The zero-order chi connectivity index (χ0) is 11.5. The Labute approximate surface area is 97.8 Å². The van der Waals surface area contributed by atoms with Crippen LogP contribution in [0.15, 0.2) is 0 Å². The maximum atomic E-state index is 11.1. The molecular formula is C11H22N2OS. The number of nitrogens with two attached hydrogens (primary N) is 1. The van der Waals surface area contributed by atoms with Crippen molar-refractivity contribution >= 4 is 23.2 Å². The Morgan fingerprint density at radius 1 is 1.13 bits per heavy atom. The van der Waals surface area contributed by atoms with E-state index in [2.05, 4.69) is 24.5 Å². The molecule has 0 aromatic heterocycles. The average Bonchev–Trinajstić information content (AvgIpc) is 2.15. The molecular weight excluding hydrogens is 208 g/mol. The Balaban J connectivity index is 3.16. The second kappa shape index (κ2) is 9.90. The molecule has 3 N–H and O–H groups in total. The molecule has 0 atom stereocenters. The molecule has 0 saturated carbocycles. The second-order valence-corrected chi connectivity index (χ2v) is 4.22. The van der Waals surface area contributed by atoms with E-state index in [-0.39, 0.29) is 11.0 Å². The summed E-state index contributed by atoms with van der Waals surface area (Å²) in [5, 5.41) is 2.50. The smallest absolute Gasteiger partial charge is 0.226 e. The highest BCUT2D eigenvalue weighted by Crippen LogP contribution is 2.08. The van der Waals surface area contributed by atoms with Crippen LogP contribution < -0.4 is 11.1 Å². The molecule has 15 heavy (non-hydrogen) atoms. The van der Waals surface area contributed by atoms with E-state index in [9.17, 15) is 4.79 Å². The van der Waals surface area contributed by atoms with Crippen molar-refractivity contribution in [3.63, 3.8) is 0 Å². The fraction of sp³-hybridized carbons (Fsp3) is 0.818. The molecule has 0 aromatic rings. The third kappa shape index (κ3) is 11.3. The standard InChI is InChI=1S/C11H22N2OS/c1-2-3-4-5-6-7-8-9-10(14)13-11(12)15/h2-9H2,1H3,(H3,12,13,14,15). The Hall–Kier alpha value is -0.640. The molecule has 0 spiro atoms. The Morgan fingerprint density at radius 2 is 1.67 bits per heavy atom. The first-order chi connectivity index (χ1) is 7.16. The van der Waals surface area contributed by atoms with Crippen LogP contribution in [-0.4, -0.2) is 11.0 Å². The highest BCUT2D eigenvalue weighted by Gasteiger charge is 2.00. The van der Waals surface area contributed by atoms with Gasteiger partial charge in [0.25, 0.3) is 0 Å². The lowest BCUT2D eigenvalue weighted by Crippen LogP contribution is -2.34. The molecule has 0 unspecified atom stereocenters. The van der Waals surface area contributed by atoms with E-state index in [1.165, 1.54) is 32.1 Å². The predicted octanol–water partition coefficient (Wildman–Crippen LogP) is 2.49. The van der Waals surface area contributed by atoms with Crippen molar-refractivity contribution < 1.29 is 4.79 Å². The summed E-state index contributed by atoms with van der Waals surface area (Å²) in [5.41, 5.74) is 5.18. The minimum Gasteiger partial charge on any atom is -0.376 e. The Bertz CT molecular complexity index is 195. The number of carbonyl (C=O) groups excluding carboxylic acids is 1. The zero-order valence-corrected chi connectivity index (χ0v) is 10.4. The first kappa shape index (κ1) is 14.4. The van der Waals surface area contributed by atoms with Crippen molar-refractivity contribution in [1.29, 1.82) is 0 Å². The van der Waals surface area contributed by atoms with E-state index >= 15 is 0 Å². The highest BCUT2D eigenvalue weighted by atomic mass is 32.1. The first-order valence-electron chi connectivity index (χ1n) is 5.76. The van der Waals surface area contributed by atoms with Crippen LogP contribution in [0, 0.1) is 0 Å². The SMILES string of the molecule is CCCCCCCCCC(=O)NC(N)=S. The lowest BCUT2D eigenvalue weighted by Gasteiger charge is -2.02. The van der Waals surface area contributed by atoms with Crippen molar-refractivity contribution in [1.82, 2.24) is 5.32 Å². The third-order valence-corrected chi connectivity index (χ3v) is 2.37. The van der Waals surface area contributed by atoms with Crippen molar-refractivity contribution in [2.24, 2.45) is 5.73 Å². The molecule has 0 fully saturated rings. The number of amides is 1. The quantitative estimate of drug-likeness (QED) is 0.497. The fourth-order valence-corrected chi connectivity index (χ4v) is 1.56. The molecule has 0 aliphatic carbocycles. The van der Waals surface area contributed by atoms with Gasteiger partial charge in [-0.15, -0.1) is 0 Å². The van der Waals surface area contributed by atoms with Gasteiger partial charge in [0.2, 0.25) is 5.91 Å². The molecule has 88 valence electrons. The van der Waals surface area contributed by atoms with Gasteiger partial charge in [-0.05, 0) is 18.6 Å². The second-order valence-electron chi connectivity index (χ2n) is 3.78. The number of carbonyl (C=O) groups is 1. The normalized spacial score (nSPS) is 9.93. The van der Waals surface area contributed by atoms with Gasteiger partial charge in [0.15, 0.2) is 5.11 Å². The van der Waals surface area contributed by atoms with Crippen LogP contribution in [0.3, 0.4) is 0 Å². The lowest BCUT2D eigenvalue weighted by molar-refractivity contribution is -0.119. The number of nitrogens with one attached hydrogen (secondary N) is 1. The molecule has 0 aliphatic heterocycles. The molecule has 0 rings (SSSR count). The molecule has 0 radical (unpaired) electrons. The maximum Gasteiger partial charge on any atom is 0.226 e. The number of rotatable bonds is 8. The minimum atomic E-state index is -0.0592. The summed E-state index contributed by atoms with van der Waals surface area (Å²) in [5.74, 6) is -0.0592. The molecule has 4 heteroatoms. The van der Waals surface area contributed by atoms with Crippen LogP contribution in [0.4, 0.5) is 0 Å². The van der Waals surface area contributed by atoms with Gasteiger partial charge in [0.1, 0.15) is 0 Å². The highest BCUT2D eigenvalue weighted by molar-refractivity contribution is 7.80. The van der Waals surface area contributed by atoms with Crippen LogP contribution in [0.2, 0.25) is 0 Å². The number of hydrogen-bond donors (Lipinski definition) is 2. The van der Waals surface area contributed by atoms with E-state index < -0.39 is 0 Å². The zero-order valence-electron chi connectivity index (χ0n) is 9.55. The number of unbranched alkanes of at least 4 members (excludes halogenated alkanes) is 6. The average molecular weight is 230 g/mol. The first-order valence-corrected chi connectivity index (χ1v) is 6.17. The van der Waals surface area contributed by atoms with E-state index in [1.54, 1.807) is 0 Å². The van der Waals surface area contributed by atoms with Crippen molar-refractivity contribution in [3.8, 4) is 0 Å². The van der Waals surface area contributed by atoms with E-state index in [0.717, 1.165) is 12.8 Å². The molecule has 0 heterocycles. The van der Waals surface area contributed by atoms with Gasteiger partial charge in [-0.1, -0.05) is 45.4 Å². The van der Waals surface area contributed by atoms with Crippen LogP contribution in [0.5, 0.6) is 0 Å². The Kier molecular flexibility index (Phi) is 9.48. The van der Waals surface area contributed by atoms with Crippen molar-refractivity contribution in [3.05, 3.63) is 0 Å². The maximum absolute atomic E-state index is 11.1. The predicted molar refractivity (Wildman–Crippen MR) is 67.5 cm³/mol. The summed E-state index contributed by atoms with van der Waals surface area (Å²) in [6, 6.07) is 0. The summed E-state index contributed by atoms with van der Waals surface area (Å²) in [4.78, 5) is 11.1. The topological polar surface area (TPSA) is 55.1 Å². The lowest BCUT2D eigenvalue weighted by atomic mass is 10.1. The van der Waals surface area contributed by atoms with Crippen LogP contribution >= 0.6 is 12.2 Å². The van der Waals surface area contributed by atoms with Crippen LogP contribution in [-0.2, 0) is 4.79 Å². The van der Waals surface area contributed by atoms with Gasteiger partial charge >= 0.3 is 0 Å². The monoisotopic (exact) mass is 230 g/mol. The van der Waals surface area contributed by atoms with Crippen molar-refractivity contribution in [2.45, 2.75) is 58.3 Å². The fourth-order valence-electron chi connectivity index (χ4n) is 1.44. The molecule has 0 aromatic carbocycles. The molecule has 0 bridgehead atoms. The van der Waals surface area contributed by atoms with Crippen LogP contribution in [0.25, 0.3) is 0 Å². The molecule has 0 aliphatic rings. The van der Waals surface area contributed by atoms with Crippen LogP contribution in [0.1, 0.15) is 58.3 Å². The third-order valence-electron chi connectivity index (χ3n) is 2.27. The van der Waals surface area contributed by atoms with Gasteiger partial charge < -0.3 is 11.1 Å². The minimum absolute atomic E-state index is 0.0592. The van der Waals surface area contributed by atoms with E-state index in [4.69, 9.17) is 5.73 Å². The molecule has 3 nitrogen and oxygen atoms in total. The summed E-state index contributed by atoms with van der Waals surface area (Å²) < 4.78 is 0. The molecule has 0 saturated heterocycles. The van der Waals surface area contributed by atoms with E-state index in [0.29, 0.717) is 6.42 Å². The van der Waals surface area contributed by atoms with Crippen molar-refractivity contribution in [2.75, 3.05) is 0 Å². The van der Waals surface area contributed by atoms with Gasteiger partial charge in [-0.2, -0.15) is 0 Å². The van der Waals surface area contributed by atoms with Gasteiger partial charge in [-0.25, -0.2) is 0 Å².